The summed E-state index contributed by atoms with van der Waals surface area (Å²) in [6.45, 7) is 4.65. The van der Waals surface area contributed by atoms with Crippen LogP contribution >= 0.6 is 31.9 Å². The molecule has 4 rings (SSSR count). The maximum absolute atomic E-state index is 13.3. The summed E-state index contributed by atoms with van der Waals surface area (Å²) in [5.41, 5.74) is 5.32. The summed E-state index contributed by atoms with van der Waals surface area (Å²) in [4.78, 5) is 38.8. The molecule has 196 valence electrons. The lowest BCUT2D eigenvalue weighted by molar-refractivity contribution is -0.133. The number of fused-ring (bicyclic) bond motifs is 1. The third kappa shape index (κ3) is 6.62. The van der Waals surface area contributed by atoms with Crippen molar-refractivity contribution in [1.29, 1.82) is 0 Å². The van der Waals surface area contributed by atoms with Gasteiger partial charge in [0.05, 0.1) is 17.8 Å². The van der Waals surface area contributed by atoms with Gasteiger partial charge in [0.15, 0.2) is 0 Å². The lowest BCUT2D eigenvalue weighted by atomic mass is 10.2. The van der Waals surface area contributed by atoms with Crippen molar-refractivity contribution in [3.8, 4) is 5.75 Å². The molecule has 0 unspecified atom stereocenters. The summed E-state index contributed by atoms with van der Waals surface area (Å²) in [5, 5.41) is 6.13. The fourth-order valence-electron chi connectivity index (χ4n) is 3.69. The van der Waals surface area contributed by atoms with Crippen molar-refractivity contribution in [2.24, 2.45) is 0 Å². The predicted octanol–water partition coefficient (Wildman–Crippen LogP) is 6.61. The molecule has 0 atom stereocenters. The Kier molecular flexibility index (Phi) is 8.85. The Balaban J connectivity index is 1.53. The smallest absolute Gasteiger partial charge is 0.328 e. The monoisotopic (exact) mass is 640 g/mol. The third-order valence-corrected chi connectivity index (χ3v) is 6.82. The summed E-state index contributed by atoms with van der Waals surface area (Å²) in [7, 11) is 0. The summed E-state index contributed by atoms with van der Waals surface area (Å²) in [6.07, 6.45) is 1.98. The van der Waals surface area contributed by atoms with Crippen LogP contribution in [0.15, 0.2) is 75.7 Å². The van der Waals surface area contributed by atoms with Crippen LogP contribution in [-0.4, -0.2) is 29.0 Å². The number of carbonyl (C=O) groups is 3. The zero-order valence-electron chi connectivity index (χ0n) is 20.8. The molecule has 0 saturated heterocycles. The maximum Gasteiger partial charge on any atom is 0.328 e. The Hall–Kier alpha value is -3.63. The summed E-state index contributed by atoms with van der Waals surface area (Å²) < 4.78 is 8.47. The number of nitrogens with one attached hydrogen (secondary N) is 3. The Morgan fingerprint density at radius 1 is 0.895 bits per heavy atom. The molecule has 8 nitrogen and oxygen atoms in total. The molecule has 0 radical (unpaired) electrons. The van der Waals surface area contributed by atoms with Gasteiger partial charge in [-0.25, -0.2) is 4.68 Å². The molecule has 3 N–H and O–H groups in total. The van der Waals surface area contributed by atoms with Gasteiger partial charge in [-0.05, 0) is 95.5 Å². The highest BCUT2D eigenvalue weighted by molar-refractivity contribution is 9.10. The highest BCUT2D eigenvalue weighted by Gasteiger charge is 2.22. The van der Waals surface area contributed by atoms with Gasteiger partial charge in [0, 0.05) is 20.0 Å². The van der Waals surface area contributed by atoms with Gasteiger partial charge in [0.2, 0.25) is 0 Å². The van der Waals surface area contributed by atoms with E-state index in [0.29, 0.717) is 34.6 Å². The fourth-order valence-corrected chi connectivity index (χ4v) is 4.66. The van der Waals surface area contributed by atoms with E-state index in [1.165, 1.54) is 4.68 Å². The van der Waals surface area contributed by atoms with E-state index >= 15 is 0 Å². The molecule has 0 aliphatic rings. The first-order chi connectivity index (χ1) is 18.2. The van der Waals surface area contributed by atoms with Gasteiger partial charge in [-0.1, -0.05) is 35.3 Å². The molecule has 0 aliphatic heterocycles. The first kappa shape index (κ1) is 27.4. The van der Waals surface area contributed by atoms with Crippen LogP contribution in [0.1, 0.15) is 35.8 Å². The number of aromatic nitrogens is 1. The van der Waals surface area contributed by atoms with E-state index in [-0.39, 0.29) is 5.69 Å². The molecule has 3 amide bonds. The standard InChI is InChI=1S/C28H26Br2N4O4/c1-3-4-13-38-21-9-7-20(8-10-21)31-27(36)28(37)33-34-24-12-6-19(29)15-18(24)16-25(34)26(35)32-23-11-5-17(2)14-22(23)30/h5-12,14-16H,3-4,13H2,1-2H3,(H,31,36)(H,32,35)(H,33,37). The van der Waals surface area contributed by atoms with Crippen LogP contribution in [0.5, 0.6) is 5.75 Å². The Morgan fingerprint density at radius 2 is 1.66 bits per heavy atom. The van der Waals surface area contributed by atoms with E-state index in [1.54, 1.807) is 48.5 Å². The van der Waals surface area contributed by atoms with Crippen molar-refractivity contribution in [3.05, 3.63) is 86.9 Å². The summed E-state index contributed by atoms with van der Waals surface area (Å²) in [5.74, 6) is -1.58. The highest BCUT2D eigenvalue weighted by Crippen LogP contribution is 2.27. The number of hydrogen-bond donors (Lipinski definition) is 3. The van der Waals surface area contributed by atoms with Gasteiger partial charge in [0.25, 0.3) is 5.91 Å². The molecular weight excluding hydrogens is 616 g/mol. The minimum atomic E-state index is -0.931. The SMILES string of the molecule is CCCCOc1ccc(NC(=O)C(=O)Nn2c(C(=O)Nc3ccc(C)cc3Br)cc3cc(Br)ccc32)cc1. The quantitative estimate of drug-likeness (QED) is 0.149. The normalized spacial score (nSPS) is 10.7. The number of hydrogen-bond acceptors (Lipinski definition) is 4. The van der Waals surface area contributed by atoms with Crippen molar-refractivity contribution in [2.45, 2.75) is 26.7 Å². The number of nitrogens with zero attached hydrogens (tertiary/aromatic N) is 1. The van der Waals surface area contributed by atoms with E-state index in [2.05, 4.69) is 54.8 Å². The Labute approximate surface area is 237 Å². The van der Waals surface area contributed by atoms with Crippen molar-refractivity contribution in [2.75, 3.05) is 22.7 Å². The van der Waals surface area contributed by atoms with Crippen molar-refractivity contribution >= 4 is 71.9 Å². The van der Waals surface area contributed by atoms with Gasteiger partial charge in [-0.2, -0.15) is 0 Å². The van der Waals surface area contributed by atoms with Gasteiger partial charge >= 0.3 is 11.8 Å². The Morgan fingerprint density at radius 3 is 2.37 bits per heavy atom. The zero-order valence-corrected chi connectivity index (χ0v) is 24.0. The number of halogens is 2. The van der Waals surface area contributed by atoms with Crippen LogP contribution in [0.4, 0.5) is 11.4 Å². The molecule has 0 spiro atoms. The second-order valence-corrected chi connectivity index (χ2v) is 10.4. The molecule has 1 heterocycles. The van der Waals surface area contributed by atoms with E-state index < -0.39 is 17.7 Å². The van der Waals surface area contributed by atoms with Crippen LogP contribution in [0.25, 0.3) is 10.9 Å². The molecule has 4 aromatic rings. The minimum Gasteiger partial charge on any atom is -0.494 e. The van der Waals surface area contributed by atoms with E-state index in [9.17, 15) is 14.4 Å². The minimum absolute atomic E-state index is 0.153. The average Bonchev–Trinajstić information content (AvgIpc) is 3.24. The molecular formula is C28H26Br2N4O4. The van der Waals surface area contributed by atoms with Crippen molar-refractivity contribution < 1.29 is 19.1 Å². The van der Waals surface area contributed by atoms with E-state index in [4.69, 9.17) is 4.74 Å². The van der Waals surface area contributed by atoms with Crippen molar-refractivity contribution in [1.82, 2.24) is 4.68 Å². The lowest BCUT2D eigenvalue weighted by Crippen LogP contribution is -2.36. The molecule has 0 bridgehead atoms. The first-order valence-corrected chi connectivity index (χ1v) is 13.6. The highest BCUT2D eigenvalue weighted by atomic mass is 79.9. The number of carbonyl (C=O) groups excluding carboxylic acids is 3. The van der Waals surface area contributed by atoms with Gasteiger partial charge in [-0.15, -0.1) is 0 Å². The van der Waals surface area contributed by atoms with Crippen LogP contribution in [-0.2, 0) is 9.59 Å². The average molecular weight is 642 g/mol. The number of benzene rings is 3. The molecule has 38 heavy (non-hydrogen) atoms. The van der Waals surface area contributed by atoms with Gasteiger partial charge in [-0.3, -0.25) is 19.8 Å². The molecule has 0 saturated carbocycles. The van der Waals surface area contributed by atoms with Crippen LogP contribution in [0, 0.1) is 6.92 Å². The second kappa shape index (κ2) is 12.3. The summed E-state index contributed by atoms with van der Waals surface area (Å²) in [6, 6.07) is 19.3. The van der Waals surface area contributed by atoms with Crippen LogP contribution in [0.3, 0.4) is 0 Å². The van der Waals surface area contributed by atoms with E-state index in [1.807, 2.05) is 25.1 Å². The maximum atomic E-state index is 13.3. The number of rotatable bonds is 8. The number of unbranched alkanes of at least 4 members (excludes halogenated alkanes) is 1. The van der Waals surface area contributed by atoms with Gasteiger partial charge in [0.1, 0.15) is 11.4 Å². The number of ether oxygens (including phenoxy) is 1. The summed E-state index contributed by atoms with van der Waals surface area (Å²) >= 11 is 6.89. The van der Waals surface area contributed by atoms with Crippen LogP contribution in [0.2, 0.25) is 0 Å². The van der Waals surface area contributed by atoms with Crippen molar-refractivity contribution in [3.63, 3.8) is 0 Å². The fraction of sp³-hybridized carbons (Fsp3) is 0.179. The van der Waals surface area contributed by atoms with E-state index in [0.717, 1.165) is 27.4 Å². The molecule has 3 aromatic carbocycles. The molecule has 10 heteroatoms. The van der Waals surface area contributed by atoms with Crippen LogP contribution < -0.4 is 20.8 Å². The predicted molar refractivity (Wildman–Crippen MR) is 156 cm³/mol. The number of anilines is 2. The number of aryl methyl sites for hydroxylation is 1. The zero-order chi connectivity index (χ0) is 27.2. The first-order valence-electron chi connectivity index (χ1n) is 12.0. The van der Waals surface area contributed by atoms with Gasteiger partial charge < -0.3 is 15.4 Å². The molecule has 0 fully saturated rings. The largest absolute Gasteiger partial charge is 0.494 e. The lowest BCUT2D eigenvalue weighted by Gasteiger charge is -2.13. The number of amides is 3. The molecule has 1 aromatic heterocycles. The molecule has 0 aliphatic carbocycles. The second-order valence-electron chi connectivity index (χ2n) is 8.63. The topological polar surface area (TPSA) is 101 Å². The Bertz CT molecular complexity index is 1500. The third-order valence-electron chi connectivity index (χ3n) is 5.67.